The molecule has 3 aliphatic rings. The molecule has 1 aliphatic carbocycles. The van der Waals surface area contributed by atoms with Gasteiger partial charge in [-0.2, -0.15) is 0 Å². The number of benzene rings is 3. The minimum atomic E-state index is 0.146. The van der Waals surface area contributed by atoms with Crippen LogP contribution in [-0.2, 0) is 6.42 Å². The van der Waals surface area contributed by atoms with Gasteiger partial charge in [-0.3, -0.25) is 0 Å². The van der Waals surface area contributed by atoms with Crippen molar-refractivity contribution in [1.82, 2.24) is 0 Å². The molecule has 5 nitrogen and oxygen atoms in total. The van der Waals surface area contributed by atoms with Crippen LogP contribution < -0.4 is 18.9 Å². The maximum atomic E-state index is 5.93. The molecule has 0 spiro atoms. The normalized spacial score (nSPS) is 19.3. The number of ether oxygens (including phenoxy) is 4. The van der Waals surface area contributed by atoms with Crippen molar-refractivity contribution >= 4 is 12.3 Å². The summed E-state index contributed by atoms with van der Waals surface area (Å²) >= 11 is 0. The van der Waals surface area contributed by atoms with E-state index in [1.54, 1.807) is 14.2 Å². The molecule has 0 bridgehead atoms. The average Bonchev–Trinajstić information content (AvgIpc) is 3.32. The topological polar surface area (TPSA) is 39.9 Å². The third-order valence-corrected chi connectivity index (χ3v) is 6.90. The lowest BCUT2D eigenvalue weighted by Gasteiger charge is -2.33. The van der Waals surface area contributed by atoms with Gasteiger partial charge in [0.1, 0.15) is 7.05 Å². The zero-order valence-electron chi connectivity index (χ0n) is 19.0. The van der Waals surface area contributed by atoms with Gasteiger partial charge in [-0.15, -0.1) is 0 Å². The van der Waals surface area contributed by atoms with Gasteiger partial charge >= 0.3 is 0 Å². The first kappa shape index (κ1) is 19.9. The Labute approximate surface area is 193 Å². The van der Waals surface area contributed by atoms with Crippen LogP contribution in [0, 0.1) is 0 Å². The number of hydrogen-bond donors (Lipinski definition) is 0. The monoisotopic (exact) mass is 440 g/mol. The van der Waals surface area contributed by atoms with E-state index in [0.29, 0.717) is 0 Å². The zero-order valence-corrected chi connectivity index (χ0v) is 19.0. The molecule has 2 aliphatic heterocycles. The van der Waals surface area contributed by atoms with Crippen molar-refractivity contribution in [3.05, 3.63) is 88.0 Å². The van der Waals surface area contributed by atoms with Gasteiger partial charge in [0.05, 0.1) is 25.7 Å². The van der Waals surface area contributed by atoms with Crippen LogP contribution in [0.15, 0.2) is 54.6 Å². The number of rotatable bonds is 4. The Morgan fingerprint density at radius 2 is 1.79 bits per heavy atom. The molecule has 0 amide bonds. The van der Waals surface area contributed by atoms with E-state index in [9.17, 15) is 0 Å². The van der Waals surface area contributed by atoms with E-state index < -0.39 is 0 Å². The molecule has 5 heteroatoms. The van der Waals surface area contributed by atoms with Gasteiger partial charge in [0, 0.05) is 5.56 Å². The smallest absolute Gasteiger partial charge is 0.231 e. The summed E-state index contributed by atoms with van der Waals surface area (Å²) in [6.45, 7) is 0.262. The standard InChI is InChI=1S/C28H26NO4/c1-29-15-22-26(19(11-17-7-5-4-6-8-17)13-25-28(22)33-16-32-25)20-10-9-18-12-23(30-2)24(31-3)14-21(18)27(20)29/h4-10,12-15,20,27H,11,16H2,1-3H3/q+1. The summed E-state index contributed by atoms with van der Waals surface area (Å²) in [5, 5.41) is 0. The van der Waals surface area contributed by atoms with E-state index in [1.165, 1.54) is 22.3 Å². The number of hydrogen-bond acceptors (Lipinski definition) is 4. The van der Waals surface area contributed by atoms with E-state index in [-0.39, 0.29) is 18.8 Å². The molecule has 2 unspecified atom stereocenters. The molecular weight excluding hydrogens is 414 g/mol. The van der Waals surface area contributed by atoms with Crippen LogP contribution in [0.4, 0.5) is 0 Å². The highest BCUT2D eigenvalue weighted by atomic mass is 16.7. The Hall–Kier alpha value is -3.73. The third kappa shape index (κ3) is 3.10. The fourth-order valence-corrected chi connectivity index (χ4v) is 5.45. The van der Waals surface area contributed by atoms with Gasteiger partial charge in [0.15, 0.2) is 35.3 Å². The van der Waals surface area contributed by atoms with Gasteiger partial charge in [0.25, 0.3) is 0 Å². The first-order chi connectivity index (χ1) is 16.2. The lowest BCUT2D eigenvalue weighted by atomic mass is 9.74. The van der Waals surface area contributed by atoms with Crippen molar-refractivity contribution in [3.8, 4) is 23.0 Å². The number of methoxy groups -OCH3 is 2. The van der Waals surface area contributed by atoms with Crippen LogP contribution in [0.25, 0.3) is 6.08 Å². The predicted octanol–water partition coefficient (Wildman–Crippen LogP) is 4.95. The molecule has 0 fully saturated rings. The Balaban J connectivity index is 1.54. The van der Waals surface area contributed by atoms with Crippen LogP contribution in [0.5, 0.6) is 23.0 Å². The van der Waals surface area contributed by atoms with E-state index in [4.69, 9.17) is 18.9 Å². The third-order valence-electron chi connectivity index (χ3n) is 6.90. The highest BCUT2D eigenvalue weighted by Gasteiger charge is 2.43. The Morgan fingerprint density at radius 1 is 1.00 bits per heavy atom. The van der Waals surface area contributed by atoms with E-state index in [1.807, 2.05) is 0 Å². The van der Waals surface area contributed by atoms with Crippen molar-refractivity contribution in [2.24, 2.45) is 0 Å². The van der Waals surface area contributed by atoms with Gasteiger partial charge in [-0.05, 0) is 46.9 Å². The molecule has 0 saturated heterocycles. The molecule has 0 aromatic heterocycles. The summed E-state index contributed by atoms with van der Waals surface area (Å²) < 4.78 is 25.2. The second-order valence-corrected chi connectivity index (χ2v) is 8.72. The molecular formula is C28H26NO4+. The molecule has 2 atom stereocenters. The molecule has 166 valence electrons. The van der Waals surface area contributed by atoms with Crippen molar-refractivity contribution in [3.63, 3.8) is 0 Å². The Bertz CT molecular complexity index is 1310. The second-order valence-electron chi connectivity index (χ2n) is 8.72. The first-order valence-corrected chi connectivity index (χ1v) is 11.2. The average molecular weight is 441 g/mol. The lowest BCUT2D eigenvalue weighted by molar-refractivity contribution is -0.544. The van der Waals surface area contributed by atoms with Crippen LogP contribution in [0.3, 0.4) is 0 Å². The molecule has 0 radical (unpaired) electrons. The first-order valence-electron chi connectivity index (χ1n) is 11.2. The van der Waals surface area contributed by atoms with Crippen molar-refractivity contribution in [1.29, 1.82) is 0 Å². The maximum Gasteiger partial charge on any atom is 0.231 e. The fourth-order valence-electron chi connectivity index (χ4n) is 5.45. The largest absolute Gasteiger partial charge is 0.493 e. The highest BCUT2D eigenvalue weighted by Crippen LogP contribution is 2.51. The molecule has 33 heavy (non-hydrogen) atoms. The van der Waals surface area contributed by atoms with Crippen molar-refractivity contribution < 1.29 is 23.5 Å². The molecule has 3 aromatic carbocycles. The second kappa shape index (κ2) is 7.69. The van der Waals surface area contributed by atoms with Crippen LogP contribution in [-0.4, -0.2) is 38.9 Å². The number of fused-ring (bicyclic) bond motifs is 7. The van der Waals surface area contributed by atoms with Crippen molar-refractivity contribution in [2.45, 2.75) is 18.4 Å². The Kier molecular flexibility index (Phi) is 4.64. The van der Waals surface area contributed by atoms with Crippen LogP contribution in [0.1, 0.15) is 45.3 Å². The van der Waals surface area contributed by atoms with Gasteiger partial charge in [-0.1, -0.05) is 42.5 Å². The van der Waals surface area contributed by atoms with Crippen LogP contribution in [0.2, 0.25) is 0 Å². The summed E-state index contributed by atoms with van der Waals surface area (Å²) in [4.78, 5) is 0. The minimum Gasteiger partial charge on any atom is -0.493 e. The molecule has 0 saturated carbocycles. The SMILES string of the molecule is COc1cc2c(cc1OC)C1C(C=C2)c2c(Cc3ccccc3)cc3c(c2C=[N+]1C)OCO3. The Morgan fingerprint density at radius 3 is 2.58 bits per heavy atom. The zero-order chi connectivity index (χ0) is 22.5. The van der Waals surface area contributed by atoms with Crippen LogP contribution >= 0.6 is 0 Å². The predicted molar refractivity (Wildman–Crippen MR) is 127 cm³/mol. The fraction of sp³-hybridized carbons (Fsp3) is 0.250. The van der Waals surface area contributed by atoms with Gasteiger partial charge in [0.2, 0.25) is 6.79 Å². The molecule has 6 rings (SSSR count). The maximum absolute atomic E-state index is 5.93. The van der Waals surface area contributed by atoms with E-state index in [2.05, 4.69) is 78.5 Å². The summed E-state index contributed by atoms with van der Waals surface area (Å²) in [6.07, 6.45) is 7.57. The molecule has 3 aromatic rings. The highest BCUT2D eigenvalue weighted by molar-refractivity contribution is 5.88. The number of likely N-dealkylation sites (N-methyl/N-ethyl adjacent to an activating group) is 1. The van der Waals surface area contributed by atoms with E-state index >= 15 is 0 Å². The summed E-state index contributed by atoms with van der Waals surface area (Å²) in [5.41, 5.74) is 7.36. The lowest BCUT2D eigenvalue weighted by Crippen LogP contribution is -2.31. The minimum absolute atomic E-state index is 0.146. The molecule has 2 heterocycles. The van der Waals surface area contributed by atoms with Gasteiger partial charge in [-0.25, -0.2) is 4.58 Å². The summed E-state index contributed by atoms with van der Waals surface area (Å²) in [5.74, 6) is 3.34. The van der Waals surface area contributed by atoms with Crippen molar-refractivity contribution in [2.75, 3.05) is 28.1 Å². The molecule has 0 N–H and O–H groups in total. The van der Waals surface area contributed by atoms with Gasteiger partial charge < -0.3 is 18.9 Å². The quantitative estimate of drug-likeness (QED) is 0.538. The van der Waals surface area contributed by atoms with E-state index in [0.717, 1.165) is 40.5 Å². The summed E-state index contributed by atoms with van der Waals surface area (Å²) in [7, 11) is 5.49. The summed E-state index contributed by atoms with van der Waals surface area (Å²) in [6, 6.07) is 17.1. The number of nitrogens with zero attached hydrogens (tertiary/aromatic N) is 1.